The maximum absolute atomic E-state index is 10.5. The summed E-state index contributed by atoms with van der Waals surface area (Å²) in [5.41, 5.74) is 0.659. The zero-order chi connectivity index (χ0) is 15.3. The van der Waals surface area contributed by atoms with Gasteiger partial charge in [-0.2, -0.15) is 5.10 Å². The van der Waals surface area contributed by atoms with Crippen LogP contribution < -0.4 is 0 Å². The van der Waals surface area contributed by atoms with Gasteiger partial charge in [-0.1, -0.05) is 26.7 Å². The molecule has 116 valence electrons. The quantitative estimate of drug-likeness (QED) is 0.755. The minimum atomic E-state index is -0.918. The highest BCUT2D eigenvalue weighted by Crippen LogP contribution is 2.30. The highest BCUT2D eigenvalue weighted by atomic mass is 79.9. The topological polar surface area (TPSA) is 61.5 Å². The monoisotopic (exact) mass is 347 g/mol. The lowest BCUT2D eigenvalue weighted by atomic mass is 9.91. The summed E-state index contributed by atoms with van der Waals surface area (Å²) in [7, 11) is 3.99. The van der Waals surface area contributed by atoms with Crippen LogP contribution in [0.1, 0.15) is 38.5 Å². The number of hydrogen-bond donors (Lipinski definition) is 2. The second-order valence-corrected chi connectivity index (χ2v) is 6.27. The normalized spacial score (nSPS) is 15.1. The van der Waals surface area contributed by atoms with Crippen molar-refractivity contribution >= 4 is 15.9 Å². The molecular formula is C14H26BrN3O2. The summed E-state index contributed by atoms with van der Waals surface area (Å²) in [4.78, 5) is 2.06. The molecule has 0 aliphatic heterocycles. The fourth-order valence-electron chi connectivity index (χ4n) is 2.33. The van der Waals surface area contributed by atoms with Crippen LogP contribution in [0.2, 0.25) is 0 Å². The average molecular weight is 348 g/mol. The largest absolute Gasteiger partial charge is 0.390 e. The summed E-state index contributed by atoms with van der Waals surface area (Å²) < 4.78 is 2.51. The Labute approximate surface area is 129 Å². The average Bonchev–Trinajstić information content (AvgIpc) is 2.78. The molecule has 2 N–H and O–H groups in total. The van der Waals surface area contributed by atoms with E-state index < -0.39 is 12.2 Å². The maximum Gasteiger partial charge on any atom is 0.123 e. The van der Waals surface area contributed by atoms with Crippen molar-refractivity contribution in [2.24, 2.45) is 5.92 Å². The Kier molecular flexibility index (Phi) is 7.15. The van der Waals surface area contributed by atoms with E-state index in [0.717, 1.165) is 23.9 Å². The fraction of sp³-hybridized carbons (Fsp3) is 0.786. The van der Waals surface area contributed by atoms with Gasteiger partial charge in [-0.3, -0.25) is 4.68 Å². The number of nitrogens with zero attached hydrogens (tertiary/aromatic N) is 3. The molecule has 0 aromatic carbocycles. The molecule has 0 spiro atoms. The van der Waals surface area contributed by atoms with Crippen molar-refractivity contribution in [1.82, 2.24) is 14.7 Å². The first kappa shape index (κ1) is 17.6. The van der Waals surface area contributed by atoms with Crippen molar-refractivity contribution in [1.29, 1.82) is 0 Å². The van der Waals surface area contributed by atoms with Crippen molar-refractivity contribution in [3.8, 4) is 0 Å². The molecule has 1 aromatic rings. The van der Waals surface area contributed by atoms with E-state index >= 15 is 0 Å². The lowest BCUT2D eigenvalue weighted by Gasteiger charge is -2.26. The molecule has 1 rings (SSSR count). The Balaban J connectivity index is 2.91. The summed E-state index contributed by atoms with van der Waals surface area (Å²) in [5.74, 6) is 0.0918. The highest BCUT2D eigenvalue weighted by Gasteiger charge is 2.29. The summed E-state index contributed by atoms with van der Waals surface area (Å²) in [6, 6.07) is 0. The van der Waals surface area contributed by atoms with E-state index in [9.17, 15) is 10.2 Å². The van der Waals surface area contributed by atoms with Crippen molar-refractivity contribution < 1.29 is 10.2 Å². The van der Waals surface area contributed by atoms with Crippen molar-refractivity contribution in [3.05, 3.63) is 16.4 Å². The number of halogens is 1. The Bertz CT molecular complexity index is 405. The van der Waals surface area contributed by atoms with Crippen LogP contribution in [0.15, 0.2) is 10.7 Å². The van der Waals surface area contributed by atoms with Crippen LogP contribution in [0, 0.1) is 5.92 Å². The van der Waals surface area contributed by atoms with Gasteiger partial charge in [0.15, 0.2) is 0 Å². The molecule has 0 radical (unpaired) electrons. The third-order valence-electron chi connectivity index (χ3n) is 3.73. The molecule has 2 unspecified atom stereocenters. The van der Waals surface area contributed by atoms with Crippen LogP contribution >= 0.6 is 15.9 Å². The van der Waals surface area contributed by atoms with Gasteiger partial charge in [0, 0.05) is 6.54 Å². The summed E-state index contributed by atoms with van der Waals surface area (Å²) in [5, 5.41) is 25.1. The standard InChI is InChI=1S/C14H26BrN3O2/c1-5-10(6-2)13(19)14(20)12-11(15)9-16-18(12)8-7-17(3)4/h9-10,13-14,19-20H,5-8H2,1-4H3. The Morgan fingerprint density at radius 3 is 2.40 bits per heavy atom. The SMILES string of the molecule is CCC(CC)C(O)C(O)c1c(Br)cnn1CCN(C)C. The summed E-state index contributed by atoms with van der Waals surface area (Å²) >= 11 is 3.42. The van der Waals surface area contributed by atoms with Crippen molar-refractivity contribution in [2.45, 2.75) is 45.4 Å². The number of aliphatic hydroxyl groups is 2. The molecule has 1 heterocycles. The number of hydrogen-bond acceptors (Lipinski definition) is 4. The van der Waals surface area contributed by atoms with Gasteiger partial charge in [-0.25, -0.2) is 0 Å². The number of aromatic nitrogens is 2. The molecule has 2 atom stereocenters. The second kappa shape index (κ2) is 8.12. The molecule has 0 aliphatic carbocycles. The molecule has 0 bridgehead atoms. The molecule has 0 amide bonds. The summed E-state index contributed by atoms with van der Waals surface area (Å²) in [6.45, 7) is 5.57. The summed E-state index contributed by atoms with van der Waals surface area (Å²) in [6.07, 6.45) is 1.68. The highest BCUT2D eigenvalue weighted by molar-refractivity contribution is 9.10. The van der Waals surface area contributed by atoms with Crippen LogP contribution in [0.5, 0.6) is 0 Å². The number of rotatable bonds is 8. The van der Waals surface area contributed by atoms with Crippen LogP contribution in [0.25, 0.3) is 0 Å². The van der Waals surface area contributed by atoms with E-state index in [4.69, 9.17) is 0 Å². The van der Waals surface area contributed by atoms with Gasteiger partial charge in [0.05, 0.1) is 29.0 Å². The molecule has 0 saturated carbocycles. The molecule has 0 aliphatic rings. The van der Waals surface area contributed by atoms with Gasteiger partial charge in [0.25, 0.3) is 0 Å². The van der Waals surface area contributed by atoms with Gasteiger partial charge >= 0.3 is 0 Å². The first-order chi connectivity index (χ1) is 9.42. The first-order valence-corrected chi connectivity index (χ1v) is 7.93. The van der Waals surface area contributed by atoms with Gasteiger partial charge in [-0.05, 0) is 35.9 Å². The molecule has 6 heteroatoms. The lowest BCUT2D eigenvalue weighted by Crippen LogP contribution is -2.30. The van der Waals surface area contributed by atoms with Gasteiger partial charge in [0.1, 0.15) is 6.10 Å². The Morgan fingerprint density at radius 2 is 1.90 bits per heavy atom. The Hall–Kier alpha value is -0.430. The van der Waals surface area contributed by atoms with E-state index in [0.29, 0.717) is 12.2 Å². The van der Waals surface area contributed by atoms with E-state index in [1.54, 1.807) is 10.9 Å². The van der Waals surface area contributed by atoms with Gasteiger partial charge < -0.3 is 15.1 Å². The van der Waals surface area contributed by atoms with E-state index in [1.165, 1.54) is 0 Å². The lowest BCUT2D eigenvalue weighted by molar-refractivity contribution is -0.0257. The third-order valence-corrected chi connectivity index (χ3v) is 4.34. The predicted molar refractivity (Wildman–Crippen MR) is 83.5 cm³/mol. The third kappa shape index (κ3) is 4.28. The number of likely N-dealkylation sites (N-methyl/N-ethyl adjacent to an activating group) is 1. The van der Waals surface area contributed by atoms with Crippen LogP contribution in [-0.2, 0) is 6.54 Å². The molecule has 1 aromatic heterocycles. The minimum absolute atomic E-state index is 0.0918. The van der Waals surface area contributed by atoms with Crippen molar-refractivity contribution in [3.63, 3.8) is 0 Å². The molecule has 0 fully saturated rings. The number of aliphatic hydroxyl groups excluding tert-OH is 2. The van der Waals surface area contributed by atoms with Gasteiger partial charge in [-0.15, -0.1) is 0 Å². The van der Waals surface area contributed by atoms with Crippen molar-refractivity contribution in [2.75, 3.05) is 20.6 Å². The molecule has 5 nitrogen and oxygen atoms in total. The smallest absolute Gasteiger partial charge is 0.123 e. The van der Waals surface area contributed by atoms with Crippen LogP contribution in [0.3, 0.4) is 0 Å². The molecule has 0 saturated heterocycles. The maximum atomic E-state index is 10.5. The van der Waals surface area contributed by atoms with Crippen LogP contribution in [0.4, 0.5) is 0 Å². The van der Waals surface area contributed by atoms with E-state index in [2.05, 4.69) is 25.9 Å². The zero-order valence-electron chi connectivity index (χ0n) is 12.8. The zero-order valence-corrected chi connectivity index (χ0v) is 14.3. The molecule has 20 heavy (non-hydrogen) atoms. The minimum Gasteiger partial charge on any atom is -0.390 e. The Morgan fingerprint density at radius 1 is 1.30 bits per heavy atom. The van der Waals surface area contributed by atoms with Gasteiger partial charge in [0.2, 0.25) is 0 Å². The second-order valence-electron chi connectivity index (χ2n) is 5.42. The van der Waals surface area contributed by atoms with E-state index in [1.807, 2.05) is 27.9 Å². The molecular weight excluding hydrogens is 322 g/mol. The fourth-order valence-corrected chi connectivity index (χ4v) is 2.86. The predicted octanol–water partition coefficient (Wildman–Crippen LogP) is 2.04. The van der Waals surface area contributed by atoms with E-state index in [-0.39, 0.29) is 5.92 Å². The van der Waals surface area contributed by atoms with Crippen LogP contribution in [-0.4, -0.2) is 51.6 Å². The first-order valence-electron chi connectivity index (χ1n) is 7.14.